The van der Waals surface area contributed by atoms with Crippen molar-refractivity contribution in [1.29, 1.82) is 0 Å². The summed E-state index contributed by atoms with van der Waals surface area (Å²) in [5.74, 6) is 1.27. The molecule has 0 radical (unpaired) electrons. The van der Waals surface area contributed by atoms with Gasteiger partial charge in [-0.2, -0.15) is 4.98 Å². The number of fused-ring (bicyclic) bond motifs is 1. The van der Waals surface area contributed by atoms with E-state index in [1.54, 1.807) is 0 Å². The van der Waals surface area contributed by atoms with Gasteiger partial charge in [0.05, 0.1) is 17.8 Å². The summed E-state index contributed by atoms with van der Waals surface area (Å²) in [6.45, 7) is 3.12. The number of hydrogen-bond donors (Lipinski definition) is 0. The van der Waals surface area contributed by atoms with Gasteiger partial charge in [0, 0.05) is 17.0 Å². The number of aromatic nitrogens is 3. The van der Waals surface area contributed by atoms with Crippen LogP contribution >= 0.6 is 11.6 Å². The number of hydrogen-bond acceptors (Lipinski definition) is 5. The third kappa shape index (κ3) is 3.37. The number of benzene rings is 1. The highest BCUT2D eigenvalue weighted by Gasteiger charge is 2.08. The molecule has 0 fully saturated rings. The number of rotatable bonds is 4. The fourth-order valence-corrected chi connectivity index (χ4v) is 2.37. The molecule has 0 aliphatic heterocycles. The monoisotopic (exact) mass is 302 g/mol. The van der Waals surface area contributed by atoms with Crippen molar-refractivity contribution in [3.63, 3.8) is 0 Å². The maximum atomic E-state index is 5.98. The zero-order valence-electron chi connectivity index (χ0n) is 11.9. The second-order valence-corrected chi connectivity index (χ2v) is 5.48. The number of halogens is 1. The van der Waals surface area contributed by atoms with Crippen molar-refractivity contribution in [2.75, 3.05) is 7.05 Å². The summed E-state index contributed by atoms with van der Waals surface area (Å²) in [7, 11) is 1.99. The minimum Gasteiger partial charge on any atom is -0.338 e. The predicted molar refractivity (Wildman–Crippen MR) is 81.0 cm³/mol. The first kappa shape index (κ1) is 14.0. The second-order valence-electron chi connectivity index (χ2n) is 5.05. The quantitative estimate of drug-likeness (QED) is 0.740. The summed E-state index contributed by atoms with van der Waals surface area (Å²) in [5.41, 5.74) is 1.93. The first-order valence-electron chi connectivity index (χ1n) is 6.63. The SMILES string of the molecule is Cc1noc(CN(C)Cc2ccc3cc(Cl)ccc3n2)n1. The van der Waals surface area contributed by atoms with Crippen LogP contribution in [0, 0.1) is 6.92 Å². The highest BCUT2D eigenvalue weighted by atomic mass is 35.5. The largest absolute Gasteiger partial charge is 0.338 e. The lowest BCUT2D eigenvalue weighted by Gasteiger charge is -2.13. The van der Waals surface area contributed by atoms with Crippen LogP contribution in [-0.2, 0) is 13.1 Å². The van der Waals surface area contributed by atoms with Gasteiger partial charge in [0.15, 0.2) is 5.82 Å². The van der Waals surface area contributed by atoms with Gasteiger partial charge in [0.2, 0.25) is 5.89 Å². The van der Waals surface area contributed by atoms with E-state index in [-0.39, 0.29) is 0 Å². The number of nitrogens with zero attached hydrogens (tertiary/aromatic N) is 4. The topological polar surface area (TPSA) is 55.1 Å². The van der Waals surface area contributed by atoms with E-state index in [4.69, 9.17) is 16.1 Å². The van der Waals surface area contributed by atoms with E-state index < -0.39 is 0 Å². The molecule has 108 valence electrons. The van der Waals surface area contributed by atoms with Crippen LogP contribution in [-0.4, -0.2) is 27.1 Å². The molecule has 21 heavy (non-hydrogen) atoms. The molecule has 1 aromatic carbocycles. The molecule has 3 aromatic rings. The van der Waals surface area contributed by atoms with Gasteiger partial charge in [-0.15, -0.1) is 0 Å². The molecular weight excluding hydrogens is 288 g/mol. The molecule has 2 heterocycles. The van der Waals surface area contributed by atoms with Crippen molar-refractivity contribution in [1.82, 2.24) is 20.0 Å². The van der Waals surface area contributed by atoms with Gasteiger partial charge in [-0.05, 0) is 38.2 Å². The first-order valence-corrected chi connectivity index (χ1v) is 7.01. The van der Waals surface area contributed by atoms with Crippen molar-refractivity contribution in [2.45, 2.75) is 20.0 Å². The van der Waals surface area contributed by atoms with Crippen LogP contribution in [0.25, 0.3) is 10.9 Å². The summed E-state index contributed by atoms with van der Waals surface area (Å²) < 4.78 is 5.12. The lowest BCUT2D eigenvalue weighted by molar-refractivity contribution is 0.258. The van der Waals surface area contributed by atoms with E-state index in [1.807, 2.05) is 44.3 Å². The molecule has 0 unspecified atom stereocenters. The Morgan fingerprint density at radius 3 is 2.76 bits per heavy atom. The number of pyridine rings is 1. The molecule has 6 heteroatoms. The lowest BCUT2D eigenvalue weighted by Crippen LogP contribution is -2.18. The fourth-order valence-electron chi connectivity index (χ4n) is 2.19. The summed E-state index contributed by atoms with van der Waals surface area (Å²) in [5, 5.41) is 5.55. The molecule has 0 amide bonds. The average Bonchev–Trinajstić information content (AvgIpc) is 2.84. The Kier molecular flexibility index (Phi) is 3.86. The average molecular weight is 303 g/mol. The molecule has 2 aromatic heterocycles. The van der Waals surface area contributed by atoms with Gasteiger partial charge in [-0.3, -0.25) is 9.88 Å². The van der Waals surface area contributed by atoms with Gasteiger partial charge in [-0.25, -0.2) is 0 Å². The van der Waals surface area contributed by atoms with Crippen molar-refractivity contribution in [2.24, 2.45) is 0 Å². The summed E-state index contributed by atoms with van der Waals surface area (Å²) in [6, 6.07) is 9.75. The Bertz CT molecular complexity index is 771. The molecule has 0 atom stereocenters. The Morgan fingerprint density at radius 2 is 2.00 bits per heavy atom. The smallest absolute Gasteiger partial charge is 0.240 e. The Labute approximate surface area is 127 Å². The minimum atomic E-state index is 0.598. The second kappa shape index (κ2) is 5.79. The van der Waals surface area contributed by atoms with Gasteiger partial charge in [0.25, 0.3) is 0 Å². The van der Waals surface area contributed by atoms with E-state index in [2.05, 4.69) is 20.0 Å². The van der Waals surface area contributed by atoms with Gasteiger partial charge >= 0.3 is 0 Å². The molecule has 0 saturated carbocycles. The molecule has 0 aliphatic rings. The van der Waals surface area contributed by atoms with E-state index in [9.17, 15) is 0 Å². The van der Waals surface area contributed by atoms with Crippen LogP contribution in [0.5, 0.6) is 0 Å². The zero-order valence-corrected chi connectivity index (χ0v) is 12.6. The third-order valence-corrected chi connectivity index (χ3v) is 3.35. The maximum Gasteiger partial charge on any atom is 0.240 e. The fraction of sp³-hybridized carbons (Fsp3) is 0.267. The maximum absolute atomic E-state index is 5.98. The molecule has 3 rings (SSSR count). The molecule has 0 spiro atoms. The van der Waals surface area contributed by atoms with Crippen LogP contribution in [0.3, 0.4) is 0 Å². The minimum absolute atomic E-state index is 0.598. The molecule has 0 bridgehead atoms. The van der Waals surface area contributed by atoms with E-state index >= 15 is 0 Å². The van der Waals surface area contributed by atoms with Crippen molar-refractivity contribution in [3.05, 3.63) is 52.8 Å². The molecular formula is C15H15ClN4O. The Hall–Kier alpha value is -1.98. The molecule has 5 nitrogen and oxygen atoms in total. The van der Waals surface area contributed by atoms with Crippen molar-refractivity contribution >= 4 is 22.5 Å². The normalized spacial score (nSPS) is 11.4. The van der Waals surface area contributed by atoms with Crippen molar-refractivity contribution in [3.8, 4) is 0 Å². The van der Waals surface area contributed by atoms with Gasteiger partial charge in [-0.1, -0.05) is 22.8 Å². The van der Waals surface area contributed by atoms with Gasteiger partial charge < -0.3 is 4.52 Å². The van der Waals surface area contributed by atoms with Crippen LogP contribution in [0.4, 0.5) is 0 Å². The standard InChI is InChI=1S/C15H15ClN4O/c1-10-17-15(21-19-10)9-20(2)8-13-5-3-11-7-12(16)4-6-14(11)18-13/h3-7H,8-9H2,1-2H3. The van der Waals surface area contributed by atoms with Crippen molar-refractivity contribution < 1.29 is 4.52 Å². The van der Waals surface area contributed by atoms with Crippen LogP contribution in [0.15, 0.2) is 34.9 Å². The summed E-state index contributed by atoms with van der Waals surface area (Å²) in [4.78, 5) is 10.9. The predicted octanol–water partition coefficient (Wildman–Crippen LogP) is 3.21. The van der Waals surface area contributed by atoms with Crippen LogP contribution in [0.1, 0.15) is 17.4 Å². The van der Waals surface area contributed by atoms with E-state index in [1.165, 1.54) is 0 Å². The van der Waals surface area contributed by atoms with Gasteiger partial charge in [0.1, 0.15) is 0 Å². The van der Waals surface area contributed by atoms with Crippen LogP contribution < -0.4 is 0 Å². The highest BCUT2D eigenvalue weighted by molar-refractivity contribution is 6.31. The summed E-state index contributed by atoms with van der Waals surface area (Å²) >= 11 is 5.98. The molecule has 0 saturated heterocycles. The Morgan fingerprint density at radius 1 is 1.14 bits per heavy atom. The lowest BCUT2D eigenvalue weighted by atomic mass is 10.2. The van der Waals surface area contributed by atoms with Crippen LogP contribution in [0.2, 0.25) is 5.02 Å². The Balaban J connectivity index is 1.73. The zero-order chi connectivity index (χ0) is 14.8. The first-order chi connectivity index (χ1) is 10.1. The molecule has 0 aliphatic carbocycles. The highest BCUT2D eigenvalue weighted by Crippen LogP contribution is 2.18. The van der Waals surface area contributed by atoms with E-state index in [0.717, 1.165) is 21.6 Å². The number of aryl methyl sites for hydroxylation is 1. The summed E-state index contributed by atoms with van der Waals surface area (Å²) in [6.07, 6.45) is 0. The van der Waals surface area contributed by atoms with E-state index in [0.29, 0.717) is 24.8 Å². The molecule has 0 N–H and O–H groups in total. The third-order valence-electron chi connectivity index (χ3n) is 3.12.